The fourth-order valence-corrected chi connectivity index (χ4v) is 8.55. The van der Waals surface area contributed by atoms with Gasteiger partial charge in [0.15, 0.2) is 5.82 Å². The molecule has 11 heteroatoms. The van der Waals surface area contributed by atoms with Gasteiger partial charge in [0, 0.05) is 44.4 Å². The topological polar surface area (TPSA) is 83.8 Å². The van der Waals surface area contributed by atoms with E-state index in [0.717, 1.165) is 51.7 Å². The molecule has 4 fully saturated rings. The Hall–Kier alpha value is -3.70. The highest BCUT2D eigenvalue weighted by Crippen LogP contribution is 2.43. The van der Waals surface area contributed by atoms with Crippen molar-refractivity contribution in [1.82, 2.24) is 19.9 Å². The molecule has 8 rings (SSSR count). The van der Waals surface area contributed by atoms with Gasteiger partial charge in [0.05, 0.1) is 16.5 Å². The lowest BCUT2D eigenvalue weighted by atomic mass is 9.90. The Morgan fingerprint density at radius 2 is 1.93 bits per heavy atom. The highest BCUT2D eigenvalue weighted by atomic mass is 19.1. The molecular weight excluding hydrogens is 595 g/mol. The lowest BCUT2D eigenvalue weighted by Gasteiger charge is -2.40. The van der Waals surface area contributed by atoms with Crippen LogP contribution >= 0.6 is 0 Å². The fourth-order valence-electron chi connectivity index (χ4n) is 8.55. The number of phenols is 1. The molecule has 242 valence electrons. The van der Waals surface area contributed by atoms with Gasteiger partial charge in [-0.15, -0.1) is 0 Å². The third-order valence-corrected chi connectivity index (χ3v) is 10.7. The Bertz CT molecular complexity index is 1830. The smallest absolute Gasteiger partial charge is 0.319 e. The van der Waals surface area contributed by atoms with Crippen LogP contribution in [0.5, 0.6) is 11.8 Å². The highest BCUT2D eigenvalue weighted by Gasteiger charge is 2.49. The van der Waals surface area contributed by atoms with Gasteiger partial charge in [0.1, 0.15) is 41.4 Å². The molecule has 46 heavy (non-hydrogen) atoms. The molecule has 1 unspecified atom stereocenters. The summed E-state index contributed by atoms with van der Waals surface area (Å²) in [7, 11) is 0. The number of ether oxygens (including phenoxy) is 2. The predicted molar refractivity (Wildman–Crippen MR) is 169 cm³/mol. The molecule has 0 bridgehead atoms. The zero-order valence-corrected chi connectivity index (χ0v) is 26.0. The van der Waals surface area contributed by atoms with Gasteiger partial charge in [0.2, 0.25) is 0 Å². The van der Waals surface area contributed by atoms with Crippen molar-refractivity contribution in [3.8, 4) is 23.0 Å². The van der Waals surface area contributed by atoms with E-state index in [2.05, 4.69) is 19.8 Å². The first-order valence-corrected chi connectivity index (χ1v) is 16.5. The monoisotopic (exact) mass is 633 g/mol. The van der Waals surface area contributed by atoms with Crippen LogP contribution in [0, 0.1) is 11.6 Å². The van der Waals surface area contributed by atoms with Gasteiger partial charge in [-0.1, -0.05) is 13.0 Å². The van der Waals surface area contributed by atoms with E-state index in [1.54, 1.807) is 12.3 Å². The minimum Gasteiger partial charge on any atom is -0.508 e. The van der Waals surface area contributed by atoms with Crippen LogP contribution in [0.1, 0.15) is 57.4 Å². The van der Waals surface area contributed by atoms with Gasteiger partial charge >= 0.3 is 6.01 Å². The van der Waals surface area contributed by atoms with Crippen LogP contribution < -0.4 is 9.64 Å². The largest absolute Gasteiger partial charge is 0.508 e. The van der Waals surface area contributed by atoms with E-state index >= 15 is 4.39 Å². The van der Waals surface area contributed by atoms with Crippen LogP contribution in [-0.4, -0.2) is 81.7 Å². The quantitative estimate of drug-likeness (QED) is 0.258. The number of rotatable bonds is 6. The van der Waals surface area contributed by atoms with Crippen LogP contribution in [0.15, 0.2) is 30.5 Å². The molecule has 0 saturated carbocycles. The second-order valence-corrected chi connectivity index (χ2v) is 13.5. The highest BCUT2D eigenvalue weighted by molar-refractivity contribution is 6.01. The van der Waals surface area contributed by atoms with E-state index in [1.165, 1.54) is 18.2 Å². The van der Waals surface area contributed by atoms with Crippen LogP contribution in [-0.2, 0) is 11.2 Å². The SMILES string of the molecule is CCc1c(F)ccc2cc(O)cc(-c3ncc4c(N5CCCC6(CCCO6)C5)nc(OC[C@@]56CCCN5C[C@H](F)C6)nc4c3F)c12. The standard InChI is InChI=1S/C35H38F3N5O3/c1-2-24-27(37)7-6-21-14-23(44)15-25(28(21)24)30-29(38)31-26(17-39-30)32(42-11-4-9-35(19-42)10-5-13-46-35)41-33(40-31)45-20-34-8-3-12-43(34)18-22(36)16-34/h6-7,14-15,17,22,44H,2-5,8-13,16,18-20H2,1H3/t22-,34+,35?/m1/s1. The van der Waals surface area contributed by atoms with Crippen molar-refractivity contribution >= 4 is 27.5 Å². The minimum absolute atomic E-state index is 0.0232. The normalized spacial score (nSPS) is 26.5. The van der Waals surface area contributed by atoms with E-state index in [-0.39, 0.29) is 40.7 Å². The molecule has 4 aromatic rings. The Kier molecular flexibility index (Phi) is 7.24. The Morgan fingerprint density at radius 1 is 1.09 bits per heavy atom. The summed E-state index contributed by atoms with van der Waals surface area (Å²) in [5.74, 6) is -0.676. The molecule has 2 aromatic carbocycles. The summed E-state index contributed by atoms with van der Waals surface area (Å²) < 4.78 is 58.9. The zero-order valence-electron chi connectivity index (χ0n) is 26.0. The number of piperidine rings is 1. The Labute approximate surface area is 265 Å². The van der Waals surface area contributed by atoms with Gasteiger partial charge < -0.3 is 19.5 Å². The van der Waals surface area contributed by atoms with E-state index < -0.39 is 23.3 Å². The first-order chi connectivity index (χ1) is 22.3. The van der Waals surface area contributed by atoms with Gasteiger partial charge in [-0.3, -0.25) is 9.88 Å². The average molecular weight is 634 g/mol. The molecule has 0 radical (unpaired) electrons. The number of phenolic OH excluding ortho intramolecular Hbond substituents is 1. The van der Waals surface area contributed by atoms with Crippen molar-refractivity contribution in [3.05, 3.63) is 47.7 Å². The predicted octanol–water partition coefficient (Wildman–Crippen LogP) is 6.50. The summed E-state index contributed by atoms with van der Waals surface area (Å²) in [5, 5.41) is 12.1. The molecule has 1 spiro atoms. The summed E-state index contributed by atoms with van der Waals surface area (Å²) in [6.07, 6.45) is 7.01. The molecule has 2 aromatic heterocycles. The maximum atomic E-state index is 16.9. The molecular formula is C35H38F3N5O3. The Balaban J connectivity index is 1.27. The molecule has 8 nitrogen and oxygen atoms in total. The van der Waals surface area contributed by atoms with Crippen molar-refractivity contribution in [1.29, 1.82) is 0 Å². The fraction of sp³-hybridized carbons (Fsp3) is 0.514. The number of aryl methyl sites for hydroxylation is 1. The van der Waals surface area contributed by atoms with Crippen molar-refractivity contribution < 1.29 is 27.8 Å². The zero-order chi connectivity index (χ0) is 31.6. The number of pyridine rings is 1. The molecule has 6 heterocycles. The van der Waals surface area contributed by atoms with E-state index in [4.69, 9.17) is 14.5 Å². The van der Waals surface area contributed by atoms with Gasteiger partial charge in [0.25, 0.3) is 0 Å². The second kappa shape index (κ2) is 11.2. The Morgan fingerprint density at radius 3 is 2.76 bits per heavy atom. The third-order valence-electron chi connectivity index (χ3n) is 10.7. The number of anilines is 1. The number of hydrogen-bond acceptors (Lipinski definition) is 8. The van der Waals surface area contributed by atoms with E-state index in [0.29, 0.717) is 60.0 Å². The summed E-state index contributed by atoms with van der Waals surface area (Å²) in [6, 6.07) is 5.92. The average Bonchev–Trinajstić information content (AvgIpc) is 3.74. The van der Waals surface area contributed by atoms with Gasteiger partial charge in [-0.05, 0) is 86.0 Å². The third kappa shape index (κ3) is 4.85. The summed E-state index contributed by atoms with van der Waals surface area (Å²) in [4.78, 5) is 18.3. The molecule has 0 amide bonds. The van der Waals surface area contributed by atoms with Crippen molar-refractivity contribution in [3.63, 3.8) is 0 Å². The maximum Gasteiger partial charge on any atom is 0.319 e. The molecule has 4 aliphatic heterocycles. The number of halogens is 3. The van der Waals surface area contributed by atoms with Crippen molar-refractivity contribution in [2.75, 3.05) is 44.3 Å². The first-order valence-electron chi connectivity index (χ1n) is 16.5. The lowest BCUT2D eigenvalue weighted by molar-refractivity contribution is -0.00633. The summed E-state index contributed by atoms with van der Waals surface area (Å²) in [6.45, 7) is 5.30. The number of aromatic hydroxyl groups is 1. The summed E-state index contributed by atoms with van der Waals surface area (Å²) >= 11 is 0. The number of aromatic nitrogens is 3. The molecule has 4 aliphatic rings. The molecule has 0 aliphatic carbocycles. The molecule has 1 N–H and O–H groups in total. The molecule has 3 atom stereocenters. The maximum absolute atomic E-state index is 16.9. The van der Waals surface area contributed by atoms with E-state index in [1.807, 2.05) is 6.92 Å². The number of benzene rings is 2. The number of fused-ring (bicyclic) bond motifs is 3. The van der Waals surface area contributed by atoms with Crippen LogP contribution in [0.4, 0.5) is 19.0 Å². The number of nitrogens with zero attached hydrogens (tertiary/aromatic N) is 5. The van der Waals surface area contributed by atoms with Crippen LogP contribution in [0.3, 0.4) is 0 Å². The summed E-state index contributed by atoms with van der Waals surface area (Å²) in [5.41, 5.74) is -0.0149. The van der Waals surface area contributed by atoms with Crippen LogP contribution in [0.25, 0.3) is 32.9 Å². The molecule has 4 saturated heterocycles. The van der Waals surface area contributed by atoms with Gasteiger partial charge in [-0.25, -0.2) is 13.2 Å². The van der Waals surface area contributed by atoms with Gasteiger partial charge in [-0.2, -0.15) is 9.97 Å². The second-order valence-electron chi connectivity index (χ2n) is 13.5. The first kappa shape index (κ1) is 29.7. The van der Waals surface area contributed by atoms with E-state index in [9.17, 15) is 13.9 Å². The van der Waals surface area contributed by atoms with Crippen LogP contribution in [0.2, 0.25) is 0 Å². The number of hydrogen-bond donors (Lipinski definition) is 1. The lowest BCUT2D eigenvalue weighted by Crippen LogP contribution is -2.48. The minimum atomic E-state index is -0.908. The van der Waals surface area contributed by atoms with Crippen molar-refractivity contribution in [2.45, 2.75) is 75.6 Å². The number of alkyl halides is 1. The van der Waals surface area contributed by atoms with Crippen molar-refractivity contribution in [2.24, 2.45) is 0 Å².